The van der Waals surface area contributed by atoms with E-state index in [2.05, 4.69) is 21.2 Å². The molecule has 1 aliphatic heterocycles. The highest BCUT2D eigenvalue weighted by atomic mass is 79.9. The number of nitrogens with one attached hydrogen (secondary N) is 1. The molecule has 0 aliphatic carbocycles. The third-order valence-electron chi connectivity index (χ3n) is 5.27. The summed E-state index contributed by atoms with van der Waals surface area (Å²) in [6, 6.07) is 18.5. The fourth-order valence-corrected chi connectivity index (χ4v) is 4.04. The molecule has 0 fully saturated rings. The van der Waals surface area contributed by atoms with Crippen molar-refractivity contribution in [2.45, 2.75) is 19.4 Å². The van der Waals surface area contributed by atoms with Gasteiger partial charge in [-0.05, 0) is 73.0 Å². The molecule has 4 nitrogen and oxygen atoms in total. The van der Waals surface area contributed by atoms with E-state index in [9.17, 15) is 14.0 Å². The van der Waals surface area contributed by atoms with Gasteiger partial charge in [0.1, 0.15) is 5.82 Å². The minimum atomic E-state index is -0.375. The summed E-state index contributed by atoms with van der Waals surface area (Å²) in [4.78, 5) is 27.1. The molecule has 1 N–H and O–H groups in total. The lowest BCUT2D eigenvalue weighted by Gasteiger charge is -2.19. The van der Waals surface area contributed by atoms with E-state index in [-0.39, 0.29) is 23.7 Å². The molecule has 152 valence electrons. The molecule has 0 aromatic heterocycles. The summed E-state index contributed by atoms with van der Waals surface area (Å²) < 4.78 is 13.9. The maximum atomic E-state index is 13.1. The van der Waals surface area contributed by atoms with Gasteiger partial charge in [0.25, 0.3) is 11.8 Å². The van der Waals surface area contributed by atoms with Crippen molar-refractivity contribution in [3.8, 4) is 0 Å². The van der Waals surface area contributed by atoms with Gasteiger partial charge in [-0.25, -0.2) is 4.39 Å². The second kappa shape index (κ2) is 8.40. The van der Waals surface area contributed by atoms with E-state index in [1.807, 2.05) is 49.4 Å². The van der Waals surface area contributed by atoms with E-state index >= 15 is 0 Å². The van der Waals surface area contributed by atoms with Gasteiger partial charge in [-0.15, -0.1) is 0 Å². The van der Waals surface area contributed by atoms with Crippen LogP contribution in [0.3, 0.4) is 0 Å². The molecule has 0 bridgehead atoms. The molecule has 4 rings (SSSR count). The largest absolute Gasteiger partial charge is 0.346 e. The summed E-state index contributed by atoms with van der Waals surface area (Å²) in [5, 5.41) is 2.94. The van der Waals surface area contributed by atoms with Gasteiger partial charge in [-0.1, -0.05) is 34.1 Å². The quantitative estimate of drug-likeness (QED) is 0.568. The van der Waals surface area contributed by atoms with Crippen molar-refractivity contribution in [3.63, 3.8) is 0 Å². The van der Waals surface area contributed by atoms with Crippen LogP contribution in [0.5, 0.6) is 0 Å². The molecule has 1 aliphatic rings. The van der Waals surface area contributed by atoms with E-state index < -0.39 is 0 Å². The molecule has 2 amide bonds. The first kappa shape index (κ1) is 20.3. The molecule has 0 saturated carbocycles. The maximum absolute atomic E-state index is 13.1. The Labute approximate surface area is 182 Å². The predicted molar refractivity (Wildman–Crippen MR) is 118 cm³/mol. The zero-order valence-corrected chi connectivity index (χ0v) is 17.9. The Morgan fingerprint density at radius 2 is 1.80 bits per heavy atom. The van der Waals surface area contributed by atoms with E-state index in [4.69, 9.17) is 0 Å². The van der Waals surface area contributed by atoms with Crippen LogP contribution in [0.25, 0.3) is 0 Å². The monoisotopic (exact) mass is 466 g/mol. The summed E-state index contributed by atoms with van der Waals surface area (Å²) >= 11 is 3.41. The molecule has 1 atom stereocenters. The fourth-order valence-electron chi connectivity index (χ4n) is 3.64. The summed E-state index contributed by atoms with van der Waals surface area (Å²) in [7, 11) is 0. The third kappa shape index (κ3) is 4.14. The van der Waals surface area contributed by atoms with Crippen molar-refractivity contribution >= 4 is 33.4 Å². The Morgan fingerprint density at radius 1 is 1.03 bits per heavy atom. The highest BCUT2D eigenvalue weighted by Gasteiger charge is 2.26. The number of anilines is 1. The average molecular weight is 467 g/mol. The Balaban J connectivity index is 1.50. The first-order chi connectivity index (χ1) is 14.4. The molecule has 3 aromatic carbocycles. The molecule has 0 unspecified atom stereocenters. The van der Waals surface area contributed by atoms with Crippen LogP contribution in [0.2, 0.25) is 0 Å². The molecule has 1 heterocycles. The molecule has 30 heavy (non-hydrogen) atoms. The standard InChI is InChI=1S/C24H20BrFN2O2/c1-15(27-23(29)16-5-8-21(26)9-6-16)17-7-10-22-18(13-17)11-12-28(22)24(30)19-3-2-4-20(25)14-19/h2-10,13-15H,11-12H2,1H3,(H,27,29)/t15-/m1/s1. The van der Waals surface area contributed by atoms with Crippen LogP contribution in [0.4, 0.5) is 10.1 Å². The number of carbonyl (C=O) groups excluding carboxylic acids is 2. The summed E-state index contributed by atoms with van der Waals surface area (Å²) in [6.45, 7) is 2.53. The van der Waals surface area contributed by atoms with E-state index in [0.717, 1.165) is 27.7 Å². The van der Waals surface area contributed by atoms with Crippen molar-refractivity contribution in [1.82, 2.24) is 5.32 Å². The van der Waals surface area contributed by atoms with Crippen LogP contribution >= 0.6 is 15.9 Å². The Morgan fingerprint density at radius 3 is 2.53 bits per heavy atom. The van der Waals surface area contributed by atoms with Crippen LogP contribution in [0, 0.1) is 5.82 Å². The molecule has 3 aromatic rings. The van der Waals surface area contributed by atoms with Crippen molar-refractivity contribution in [3.05, 3.63) is 99.3 Å². The Hall–Kier alpha value is -2.99. The Kier molecular flexibility index (Phi) is 5.68. The topological polar surface area (TPSA) is 49.4 Å². The minimum absolute atomic E-state index is 0.0274. The maximum Gasteiger partial charge on any atom is 0.258 e. The van der Waals surface area contributed by atoms with E-state index in [1.165, 1.54) is 24.3 Å². The average Bonchev–Trinajstić information content (AvgIpc) is 3.16. The van der Waals surface area contributed by atoms with E-state index in [0.29, 0.717) is 17.7 Å². The lowest BCUT2D eigenvalue weighted by molar-refractivity contribution is 0.0938. The van der Waals surface area contributed by atoms with Crippen molar-refractivity contribution < 1.29 is 14.0 Å². The molecule has 0 spiro atoms. The van der Waals surface area contributed by atoms with Crippen LogP contribution in [-0.4, -0.2) is 18.4 Å². The van der Waals surface area contributed by atoms with Gasteiger partial charge >= 0.3 is 0 Å². The van der Waals surface area contributed by atoms with Gasteiger partial charge in [0.15, 0.2) is 0 Å². The number of hydrogen-bond donors (Lipinski definition) is 1. The zero-order chi connectivity index (χ0) is 21.3. The van der Waals surface area contributed by atoms with Crippen LogP contribution in [0.15, 0.2) is 71.2 Å². The van der Waals surface area contributed by atoms with Crippen molar-refractivity contribution in [1.29, 1.82) is 0 Å². The van der Waals surface area contributed by atoms with Crippen LogP contribution < -0.4 is 10.2 Å². The SMILES string of the molecule is C[C@@H](NC(=O)c1ccc(F)cc1)c1ccc2c(c1)CCN2C(=O)c1cccc(Br)c1. The second-order valence-corrected chi connectivity index (χ2v) is 8.22. The highest BCUT2D eigenvalue weighted by Crippen LogP contribution is 2.32. The molecular formula is C24H20BrFN2O2. The number of carbonyl (C=O) groups is 2. The molecule has 0 saturated heterocycles. The van der Waals surface area contributed by atoms with Gasteiger partial charge in [0.2, 0.25) is 0 Å². The Bertz CT molecular complexity index is 1110. The van der Waals surface area contributed by atoms with Crippen LogP contribution in [0.1, 0.15) is 44.8 Å². The number of hydrogen-bond acceptors (Lipinski definition) is 2. The smallest absolute Gasteiger partial charge is 0.258 e. The molecule has 0 radical (unpaired) electrons. The second-order valence-electron chi connectivity index (χ2n) is 7.31. The lowest BCUT2D eigenvalue weighted by atomic mass is 10.0. The highest BCUT2D eigenvalue weighted by molar-refractivity contribution is 9.10. The summed E-state index contributed by atoms with van der Waals surface area (Å²) in [6.07, 6.45) is 0.765. The third-order valence-corrected chi connectivity index (χ3v) is 5.76. The normalized spacial score (nSPS) is 13.6. The number of benzene rings is 3. The number of fused-ring (bicyclic) bond motifs is 1. The van der Waals surface area contributed by atoms with Gasteiger partial charge < -0.3 is 10.2 Å². The number of nitrogens with zero attached hydrogens (tertiary/aromatic N) is 1. The summed E-state index contributed by atoms with van der Waals surface area (Å²) in [5.41, 5.74) is 4.00. The fraction of sp³-hybridized carbons (Fsp3) is 0.167. The molecular weight excluding hydrogens is 447 g/mol. The van der Waals surface area contributed by atoms with Gasteiger partial charge in [-0.3, -0.25) is 9.59 Å². The van der Waals surface area contributed by atoms with Gasteiger partial charge in [0.05, 0.1) is 6.04 Å². The zero-order valence-electron chi connectivity index (χ0n) is 16.4. The molecule has 6 heteroatoms. The van der Waals surface area contributed by atoms with Crippen LogP contribution in [-0.2, 0) is 6.42 Å². The minimum Gasteiger partial charge on any atom is -0.346 e. The first-order valence-corrected chi connectivity index (χ1v) is 10.5. The number of amides is 2. The lowest BCUT2D eigenvalue weighted by Crippen LogP contribution is -2.29. The van der Waals surface area contributed by atoms with Crippen molar-refractivity contribution in [2.75, 3.05) is 11.4 Å². The van der Waals surface area contributed by atoms with E-state index in [1.54, 1.807) is 4.90 Å². The number of halogens is 2. The summed E-state index contributed by atoms with van der Waals surface area (Å²) in [5.74, 6) is -0.657. The first-order valence-electron chi connectivity index (χ1n) is 9.69. The van der Waals surface area contributed by atoms with Gasteiger partial charge in [-0.2, -0.15) is 0 Å². The number of rotatable bonds is 4. The van der Waals surface area contributed by atoms with Crippen molar-refractivity contribution in [2.24, 2.45) is 0 Å². The predicted octanol–water partition coefficient (Wildman–Crippen LogP) is 5.28. The van der Waals surface area contributed by atoms with Gasteiger partial charge in [0, 0.05) is 27.8 Å².